The van der Waals surface area contributed by atoms with Crippen molar-refractivity contribution in [1.29, 1.82) is 0 Å². The molecule has 0 aliphatic heterocycles. The second-order valence-electron chi connectivity index (χ2n) is 5.57. The molecule has 0 bridgehead atoms. The maximum absolute atomic E-state index is 10.9. The molecule has 0 fully saturated rings. The van der Waals surface area contributed by atoms with E-state index in [1.54, 1.807) is 6.92 Å². The topological polar surface area (TPSA) is 75.8 Å². The van der Waals surface area contributed by atoms with Gasteiger partial charge in [-0.25, -0.2) is 0 Å². The van der Waals surface area contributed by atoms with Crippen molar-refractivity contribution >= 4 is 23.4 Å². The van der Waals surface area contributed by atoms with Crippen molar-refractivity contribution < 1.29 is 23.7 Å². The molecule has 6 heteroatoms. The number of allylic oxidation sites excluding steroid dienone is 1. The maximum atomic E-state index is 10.9. The van der Waals surface area contributed by atoms with Crippen LogP contribution in [0.25, 0.3) is 11.0 Å². The number of carbonyl (C=O) groups excluding carboxylic acids is 1. The van der Waals surface area contributed by atoms with Crippen LogP contribution in [0.2, 0.25) is 0 Å². The molecule has 26 heavy (non-hydrogen) atoms. The third-order valence-electron chi connectivity index (χ3n) is 3.36. The molecule has 0 unspecified atom stereocenters. The zero-order chi connectivity index (χ0) is 18.5. The van der Waals surface area contributed by atoms with E-state index in [0.29, 0.717) is 30.9 Å². The Morgan fingerprint density at radius 2 is 2.15 bits per heavy atom. The van der Waals surface area contributed by atoms with Gasteiger partial charge in [0.05, 0.1) is 0 Å². The fourth-order valence-electron chi connectivity index (χ4n) is 2.02. The van der Waals surface area contributed by atoms with Gasteiger partial charge in [0, 0.05) is 31.9 Å². The average Bonchev–Trinajstić information content (AvgIpc) is 2.62. The van der Waals surface area contributed by atoms with Gasteiger partial charge in [-0.15, -0.1) is 5.57 Å². The number of rotatable bonds is 11. The molecule has 0 aliphatic rings. The van der Waals surface area contributed by atoms with E-state index >= 15 is 0 Å². The molecule has 134 valence electrons. The van der Waals surface area contributed by atoms with E-state index in [1.807, 2.05) is 31.2 Å². The van der Waals surface area contributed by atoms with Crippen LogP contribution in [0, 0.1) is 12.8 Å². The molecular weight excluding hydrogens is 319 g/mol. The van der Waals surface area contributed by atoms with Gasteiger partial charge in [0.15, 0.2) is 0 Å². The second-order valence-corrected chi connectivity index (χ2v) is 5.57. The third-order valence-corrected chi connectivity index (χ3v) is 3.36. The monoisotopic (exact) mass is 344 g/mol. The number of benzene rings is 1. The summed E-state index contributed by atoms with van der Waals surface area (Å²) in [7, 11) is 0. The molecule has 0 heterocycles. The minimum atomic E-state index is 0. The third kappa shape index (κ3) is 9.52. The van der Waals surface area contributed by atoms with Gasteiger partial charge in [-0.3, -0.25) is 17.6 Å². The number of amidine groups is 1. The van der Waals surface area contributed by atoms with E-state index < -0.39 is 0 Å². The summed E-state index contributed by atoms with van der Waals surface area (Å²) in [5.74, 6) is 0.668. The largest absolute Gasteiger partial charge is 1.00 e. The number of nitrogens with zero attached hydrogens (tertiary/aromatic N) is 2. The average molecular weight is 344 g/mol. The molecule has 2 N–H and O–H groups in total. The predicted molar refractivity (Wildman–Crippen MR) is 104 cm³/mol. The number of hydrogen-bond acceptors (Lipinski definition) is 3. The van der Waals surface area contributed by atoms with Gasteiger partial charge >= 0.3 is 18.9 Å². The molecule has 1 aromatic rings. The van der Waals surface area contributed by atoms with Crippen LogP contribution < -0.4 is 29.5 Å². The zero-order valence-electron chi connectivity index (χ0n) is 15.9. The zero-order valence-corrected chi connectivity index (χ0v) is 15.9. The van der Waals surface area contributed by atoms with Gasteiger partial charge in [0.2, 0.25) is 0 Å². The molecule has 1 rings (SSSR count). The molecule has 5 nitrogen and oxygen atoms in total. The molecule has 0 saturated carbocycles. The number of aliphatic imine (C=N–C) groups is 1. The quantitative estimate of drug-likeness (QED) is 0.194. The molecule has 0 saturated heterocycles. The van der Waals surface area contributed by atoms with Crippen molar-refractivity contribution in [3.8, 4) is 0 Å². The van der Waals surface area contributed by atoms with Gasteiger partial charge < -0.3 is 21.0 Å². The van der Waals surface area contributed by atoms with E-state index in [-0.39, 0.29) is 24.6 Å². The van der Waals surface area contributed by atoms with E-state index in [1.165, 1.54) is 6.08 Å². The van der Waals surface area contributed by atoms with E-state index in [9.17, 15) is 10.2 Å². The first kappa shape index (κ1) is 24.1. The molecule has 0 aromatic heterocycles. The van der Waals surface area contributed by atoms with Crippen molar-refractivity contribution in [2.24, 2.45) is 4.99 Å². The molecule has 0 aliphatic carbocycles. The summed E-state index contributed by atoms with van der Waals surface area (Å²) < 4.78 is 0. The van der Waals surface area contributed by atoms with Crippen molar-refractivity contribution in [2.45, 2.75) is 33.2 Å². The Labute approximate surface area is 168 Å². The van der Waals surface area contributed by atoms with Crippen LogP contribution in [0.5, 0.6) is 0 Å². The van der Waals surface area contributed by atoms with Crippen LogP contribution in [0.1, 0.15) is 37.8 Å². The summed E-state index contributed by atoms with van der Waals surface area (Å²) in [6, 6.07) is 7.69. The van der Waals surface area contributed by atoms with Crippen molar-refractivity contribution in [1.82, 2.24) is 10.6 Å². The van der Waals surface area contributed by atoms with Crippen LogP contribution >= 0.6 is 0 Å². The molecular formula is C20H25LiN4O-2. The normalized spacial score (nSPS) is 11.5. The number of hydrogen-bond donors (Lipinski definition) is 2. The minimum absolute atomic E-state index is 0. The minimum Gasteiger partial charge on any atom is -0.862 e. The Morgan fingerprint density at radius 3 is 2.77 bits per heavy atom. The molecule has 0 amide bonds. The predicted octanol–water partition coefficient (Wildman–Crippen LogP) is -0.0691. The Hall–Kier alpha value is -1.93. The number of Topliss-reactive ketones (excluding diaryl/α,β-unsaturated/α-hetero) is 1. The number of nitrogens with one attached hydrogen (secondary N) is 2. The summed E-state index contributed by atoms with van der Waals surface area (Å²) in [4.78, 5) is 15.1. The molecule has 0 atom stereocenters. The fourth-order valence-corrected chi connectivity index (χ4v) is 2.02. The van der Waals surface area contributed by atoms with E-state index in [2.05, 4.69) is 21.8 Å². The van der Waals surface area contributed by atoms with Gasteiger partial charge in [0.1, 0.15) is 5.78 Å². The van der Waals surface area contributed by atoms with Gasteiger partial charge in [-0.05, 0) is 25.1 Å². The first-order valence-electron chi connectivity index (χ1n) is 8.37. The van der Waals surface area contributed by atoms with Crippen LogP contribution in [0.15, 0.2) is 35.3 Å². The first-order valence-corrected chi connectivity index (χ1v) is 8.37. The van der Waals surface area contributed by atoms with Crippen molar-refractivity contribution in [2.75, 3.05) is 13.1 Å². The summed E-state index contributed by atoms with van der Waals surface area (Å²) in [6.07, 6.45) is 6.62. The van der Waals surface area contributed by atoms with E-state index in [4.69, 9.17) is 6.58 Å². The Morgan fingerprint density at radius 1 is 1.38 bits per heavy atom. The van der Waals surface area contributed by atoms with Crippen LogP contribution in [-0.2, 0) is 11.3 Å². The van der Waals surface area contributed by atoms with Crippen molar-refractivity contribution in [3.63, 3.8) is 0 Å². The smallest absolute Gasteiger partial charge is 0.862 e. The molecule has 0 radical (unpaired) electrons. The van der Waals surface area contributed by atoms with Crippen LogP contribution in [0.4, 0.5) is 0 Å². The Kier molecular flexibility index (Phi) is 13.2. The molecule has 0 spiro atoms. The van der Waals surface area contributed by atoms with Crippen LogP contribution in [0.3, 0.4) is 0 Å². The van der Waals surface area contributed by atoms with Gasteiger partial charge in [-0.2, -0.15) is 6.08 Å². The van der Waals surface area contributed by atoms with E-state index in [0.717, 1.165) is 30.3 Å². The number of carbonyl (C=O) groups is 1. The Bertz CT molecular complexity index is 653. The summed E-state index contributed by atoms with van der Waals surface area (Å²) in [5.41, 5.74) is 2.30. The summed E-state index contributed by atoms with van der Waals surface area (Å²) >= 11 is 0. The summed E-state index contributed by atoms with van der Waals surface area (Å²) in [5, 5.41) is 15.8. The standard InChI is InChI=1S/C20H25N4O.Li/c1-4-10-23-20(5-2)24-15-19(13-21)18-8-6-7-17(12-18)14-22-11-9-16(3)25;/h2,5-8,12-13,22H,4,9-11,14H2,1,3H3,(H,23,24);/q-3;+1. The fraction of sp³-hybridized carbons (Fsp3) is 0.350. The van der Waals surface area contributed by atoms with Gasteiger partial charge in [-0.1, -0.05) is 36.8 Å². The summed E-state index contributed by atoms with van der Waals surface area (Å²) in [6.45, 7) is 11.2. The molecule has 1 aromatic carbocycles. The van der Waals surface area contributed by atoms with Crippen LogP contribution in [-0.4, -0.2) is 30.9 Å². The Balaban J connectivity index is 0.00000625. The van der Waals surface area contributed by atoms with Gasteiger partial charge in [0.25, 0.3) is 0 Å². The number of ketones is 1. The van der Waals surface area contributed by atoms with Crippen molar-refractivity contribution in [3.05, 3.63) is 59.7 Å². The second kappa shape index (κ2) is 14.3. The SMILES string of the molecule is [CH-]=CC(=N[C-]=C(C=[N-])c1cccc(CNCCC(C)=O)c1)NCCC.[Li+]. The first-order chi connectivity index (χ1) is 12.1. The maximum Gasteiger partial charge on any atom is 1.00 e.